The van der Waals surface area contributed by atoms with Crippen LogP contribution >= 0.6 is 0 Å². The summed E-state index contributed by atoms with van der Waals surface area (Å²) in [6.45, 7) is 0.331. The van der Waals surface area contributed by atoms with Crippen molar-refractivity contribution in [1.29, 1.82) is 0 Å². The minimum atomic E-state index is -0.482. The Kier molecular flexibility index (Phi) is 5.19. The van der Waals surface area contributed by atoms with Gasteiger partial charge in [-0.05, 0) is 29.8 Å². The van der Waals surface area contributed by atoms with E-state index < -0.39 is 5.91 Å². The average molecular weight is 314 g/mol. The first-order valence-electron chi connectivity index (χ1n) is 6.93. The van der Waals surface area contributed by atoms with E-state index in [4.69, 9.17) is 15.2 Å². The highest BCUT2D eigenvalue weighted by atomic mass is 16.5. The van der Waals surface area contributed by atoms with Gasteiger partial charge in [0.25, 0.3) is 5.91 Å². The highest BCUT2D eigenvalue weighted by molar-refractivity contribution is 5.95. The topological polar surface area (TPSA) is 90.7 Å². The highest BCUT2D eigenvalue weighted by Crippen LogP contribution is 2.22. The molecule has 0 heterocycles. The predicted octanol–water partition coefficient (Wildman–Crippen LogP) is 1.73. The number of ether oxygens (including phenoxy) is 2. The monoisotopic (exact) mass is 314 g/mol. The Hall–Kier alpha value is -3.02. The zero-order chi connectivity index (χ0) is 16.8. The smallest absolute Gasteiger partial charge is 0.251 e. The molecule has 0 spiro atoms. The molecule has 2 aromatic carbocycles. The molecule has 0 aliphatic heterocycles. The molecule has 0 aliphatic rings. The van der Waals surface area contributed by atoms with Crippen LogP contribution in [-0.2, 0) is 6.54 Å². The number of hydrogen-bond acceptors (Lipinski definition) is 4. The van der Waals surface area contributed by atoms with Crippen LogP contribution in [0.4, 0.5) is 0 Å². The Morgan fingerprint density at radius 2 is 1.52 bits per heavy atom. The molecule has 0 aliphatic carbocycles. The summed E-state index contributed by atoms with van der Waals surface area (Å²) in [5.41, 5.74) is 6.91. The van der Waals surface area contributed by atoms with Crippen molar-refractivity contribution < 1.29 is 19.1 Å². The van der Waals surface area contributed by atoms with E-state index in [1.54, 1.807) is 42.5 Å². The zero-order valence-corrected chi connectivity index (χ0v) is 13.0. The molecule has 0 unspecified atom stereocenters. The van der Waals surface area contributed by atoms with Crippen molar-refractivity contribution in [2.75, 3.05) is 14.2 Å². The summed E-state index contributed by atoms with van der Waals surface area (Å²) in [6, 6.07) is 11.7. The third-order valence-corrected chi connectivity index (χ3v) is 3.31. The summed E-state index contributed by atoms with van der Waals surface area (Å²) in [7, 11) is 3.05. The van der Waals surface area contributed by atoms with Gasteiger partial charge >= 0.3 is 0 Å². The maximum absolute atomic E-state index is 12.2. The number of rotatable bonds is 6. The summed E-state index contributed by atoms with van der Waals surface area (Å²) in [5, 5.41) is 2.80. The van der Waals surface area contributed by atoms with Crippen molar-refractivity contribution in [1.82, 2.24) is 5.32 Å². The van der Waals surface area contributed by atoms with Crippen LogP contribution in [0.3, 0.4) is 0 Å². The molecule has 0 aromatic heterocycles. The number of carbonyl (C=O) groups is 2. The van der Waals surface area contributed by atoms with Crippen molar-refractivity contribution in [2.45, 2.75) is 6.54 Å². The van der Waals surface area contributed by atoms with Crippen LogP contribution in [0.2, 0.25) is 0 Å². The van der Waals surface area contributed by atoms with Gasteiger partial charge in [-0.25, -0.2) is 0 Å². The lowest BCUT2D eigenvalue weighted by atomic mass is 10.1. The summed E-state index contributed by atoms with van der Waals surface area (Å²) >= 11 is 0. The number of nitrogens with one attached hydrogen (secondary N) is 1. The highest BCUT2D eigenvalue weighted by Gasteiger charge is 2.10. The van der Waals surface area contributed by atoms with E-state index in [1.165, 1.54) is 14.2 Å². The third kappa shape index (κ3) is 4.23. The fourth-order valence-electron chi connectivity index (χ4n) is 2.01. The number of nitrogens with two attached hydrogens (primary N) is 1. The summed E-state index contributed by atoms with van der Waals surface area (Å²) < 4.78 is 10.3. The summed E-state index contributed by atoms with van der Waals surface area (Å²) in [4.78, 5) is 23.2. The van der Waals surface area contributed by atoms with Gasteiger partial charge in [0, 0.05) is 23.7 Å². The van der Waals surface area contributed by atoms with E-state index in [1.807, 2.05) is 0 Å². The van der Waals surface area contributed by atoms with Crippen LogP contribution in [0.1, 0.15) is 26.3 Å². The maximum Gasteiger partial charge on any atom is 0.251 e. The van der Waals surface area contributed by atoms with Crippen molar-refractivity contribution in [3.8, 4) is 11.5 Å². The SMILES string of the molecule is COc1cc(OC)cc(C(=O)NCc2ccc(C(N)=O)cc2)c1. The molecule has 0 radical (unpaired) electrons. The van der Waals surface area contributed by atoms with Gasteiger partial charge in [-0.15, -0.1) is 0 Å². The quantitative estimate of drug-likeness (QED) is 0.849. The number of methoxy groups -OCH3 is 2. The Labute approximate surface area is 134 Å². The maximum atomic E-state index is 12.2. The zero-order valence-electron chi connectivity index (χ0n) is 13.0. The lowest BCUT2D eigenvalue weighted by Gasteiger charge is -2.09. The number of carbonyl (C=O) groups excluding carboxylic acids is 2. The molecule has 0 saturated heterocycles. The van der Waals surface area contributed by atoms with Crippen molar-refractivity contribution in [2.24, 2.45) is 5.73 Å². The van der Waals surface area contributed by atoms with Gasteiger partial charge in [-0.1, -0.05) is 12.1 Å². The van der Waals surface area contributed by atoms with Crippen LogP contribution in [-0.4, -0.2) is 26.0 Å². The normalized spacial score (nSPS) is 10.0. The van der Waals surface area contributed by atoms with Gasteiger partial charge in [0.1, 0.15) is 11.5 Å². The van der Waals surface area contributed by atoms with Crippen LogP contribution in [0, 0.1) is 0 Å². The molecule has 2 rings (SSSR count). The van der Waals surface area contributed by atoms with E-state index in [9.17, 15) is 9.59 Å². The molecule has 0 fully saturated rings. The summed E-state index contributed by atoms with van der Waals surface area (Å²) in [5.74, 6) is 0.353. The van der Waals surface area contributed by atoms with Crippen LogP contribution < -0.4 is 20.5 Å². The second-order valence-corrected chi connectivity index (χ2v) is 4.85. The molecular formula is C17H18N2O4. The first-order chi connectivity index (χ1) is 11.0. The van der Waals surface area contributed by atoms with E-state index >= 15 is 0 Å². The van der Waals surface area contributed by atoms with Gasteiger partial charge in [-0.3, -0.25) is 9.59 Å². The van der Waals surface area contributed by atoms with Gasteiger partial charge in [-0.2, -0.15) is 0 Å². The Morgan fingerprint density at radius 3 is 2.00 bits per heavy atom. The molecule has 3 N–H and O–H groups in total. The Balaban J connectivity index is 2.05. The van der Waals surface area contributed by atoms with Gasteiger partial charge in [0.15, 0.2) is 0 Å². The van der Waals surface area contributed by atoms with E-state index in [0.717, 1.165) is 5.56 Å². The first-order valence-corrected chi connectivity index (χ1v) is 6.93. The molecule has 120 valence electrons. The van der Waals surface area contributed by atoms with Crippen molar-refractivity contribution in [3.05, 3.63) is 59.2 Å². The minimum Gasteiger partial charge on any atom is -0.497 e. The molecule has 0 bridgehead atoms. The lowest BCUT2D eigenvalue weighted by molar-refractivity contribution is 0.0948. The fraction of sp³-hybridized carbons (Fsp3) is 0.176. The van der Waals surface area contributed by atoms with E-state index in [-0.39, 0.29) is 5.91 Å². The van der Waals surface area contributed by atoms with Crippen LogP contribution in [0.15, 0.2) is 42.5 Å². The lowest BCUT2D eigenvalue weighted by Crippen LogP contribution is -2.23. The van der Waals surface area contributed by atoms with Crippen molar-refractivity contribution in [3.63, 3.8) is 0 Å². The molecule has 6 nitrogen and oxygen atoms in total. The molecule has 0 saturated carbocycles. The Bertz CT molecular complexity index is 689. The number of hydrogen-bond donors (Lipinski definition) is 2. The second kappa shape index (κ2) is 7.31. The van der Waals surface area contributed by atoms with Crippen LogP contribution in [0.5, 0.6) is 11.5 Å². The number of primary amides is 1. The number of amides is 2. The Morgan fingerprint density at radius 1 is 0.957 bits per heavy atom. The minimum absolute atomic E-state index is 0.249. The summed E-state index contributed by atoms with van der Waals surface area (Å²) in [6.07, 6.45) is 0. The van der Waals surface area contributed by atoms with E-state index in [0.29, 0.717) is 29.2 Å². The second-order valence-electron chi connectivity index (χ2n) is 4.85. The largest absolute Gasteiger partial charge is 0.497 e. The standard InChI is InChI=1S/C17H18N2O4/c1-22-14-7-13(8-15(9-14)23-2)17(21)19-10-11-3-5-12(6-4-11)16(18)20/h3-9H,10H2,1-2H3,(H2,18,20)(H,19,21). The van der Waals surface area contributed by atoms with Crippen molar-refractivity contribution >= 4 is 11.8 Å². The van der Waals surface area contributed by atoms with Gasteiger partial charge in [0.05, 0.1) is 14.2 Å². The molecule has 2 aromatic rings. The third-order valence-electron chi connectivity index (χ3n) is 3.31. The molecule has 6 heteroatoms. The molecule has 2 amide bonds. The average Bonchev–Trinajstić information content (AvgIpc) is 2.59. The molecule has 23 heavy (non-hydrogen) atoms. The van der Waals surface area contributed by atoms with Crippen LogP contribution in [0.25, 0.3) is 0 Å². The van der Waals surface area contributed by atoms with E-state index in [2.05, 4.69) is 5.32 Å². The van der Waals surface area contributed by atoms with Gasteiger partial charge in [0.2, 0.25) is 5.91 Å². The fourth-order valence-corrected chi connectivity index (χ4v) is 2.01. The van der Waals surface area contributed by atoms with Gasteiger partial charge < -0.3 is 20.5 Å². The predicted molar refractivity (Wildman–Crippen MR) is 85.7 cm³/mol. The first kappa shape index (κ1) is 16.4. The molecular weight excluding hydrogens is 296 g/mol. The number of benzene rings is 2. The molecule has 0 atom stereocenters.